The first-order valence-electron chi connectivity index (χ1n) is 6.40. The quantitative estimate of drug-likeness (QED) is 0.660. The highest BCUT2D eigenvalue weighted by molar-refractivity contribution is 7.89. The number of hydrogen-bond donors (Lipinski definition) is 1. The summed E-state index contributed by atoms with van der Waals surface area (Å²) < 4.78 is 26.3. The van der Waals surface area contributed by atoms with Gasteiger partial charge in [0.15, 0.2) is 0 Å². The molecule has 7 nitrogen and oxygen atoms in total. The molecule has 21 heavy (non-hydrogen) atoms. The average molecular weight is 336 g/mol. The van der Waals surface area contributed by atoms with Gasteiger partial charge >= 0.3 is 0 Å². The molecule has 2 rings (SSSR count). The van der Waals surface area contributed by atoms with Gasteiger partial charge in [-0.25, -0.2) is 8.42 Å². The molecular weight excluding hydrogens is 318 g/mol. The molecule has 1 fully saturated rings. The van der Waals surface area contributed by atoms with E-state index < -0.39 is 14.9 Å². The van der Waals surface area contributed by atoms with Gasteiger partial charge in [0.1, 0.15) is 0 Å². The number of nitrogens with zero attached hydrogens (tertiary/aromatic N) is 2. The van der Waals surface area contributed by atoms with Gasteiger partial charge in [-0.2, -0.15) is 4.31 Å². The van der Waals surface area contributed by atoms with Crippen molar-refractivity contribution in [1.29, 1.82) is 0 Å². The van der Waals surface area contributed by atoms with Crippen molar-refractivity contribution in [3.8, 4) is 0 Å². The maximum atomic E-state index is 12.5. The Hall–Kier alpha value is -1.22. The van der Waals surface area contributed by atoms with Gasteiger partial charge in [-0.3, -0.25) is 10.1 Å². The Balaban J connectivity index is 0.00000220. The fourth-order valence-electron chi connectivity index (χ4n) is 2.34. The lowest BCUT2D eigenvalue weighted by Crippen LogP contribution is -2.41. The van der Waals surface area contributed by atoms with Gasteiger partial charge in [-0.05, 0) is 31.4 Å². The maximum Gasteiger partial charge on any atom is 0.270 e. The topological polar surface area (TPSA) is 107 Å². The fraction of sp³-hybridized carbons (Fsp3) is 0.500. The molecule has 1 heterocycles. The first kappa shape index (κ1) is 17.8. The largest absolute Gasteiger partial charge is 0.330 e. The van der Waals surface area contributed by atoms with Gasteiger partial charge in [0.05, 0.1) is 9.82 Å². The highest BCUT2D eigenvalue weighted by Crippen LogP contribution is 2.25. The zero-order valence-corrected chi connectivity index (χ0v) is 13.0. The zero-order valence-electron chi connectivity index (χ0n) is 11.3. The Morgan fingerprint density at radius 3 is 2.76 bits per heavy atom. The van der Waals surface area contributed by atoms with Gasteiger partial charge in [-0.15, -0.1) is 12.4 Å². The number of halogens is 1. The van der Waals surface area contributed by atoms with Crippen molar-refractivity contribution in [2.75, 3.05) is 19.6 Å². The number of rotatable bonds is 4. The van der Waals surface area contributed by atoms with E-state index in [1.807, 2.05) is 0 Å². The molecular formula is C12H18ClN3O4S. The summed E-state index contributed by atoms with van der Waals surface area (Å²) in [5.41, 5.74) is 5.38. The van der Waals surface area contributed by atoms with Crippen molar-refractivity contribution < 1.29 is 13.3 Å². The lowest BCUT2D eigenvalue weighted by molar-refractivity contribution is -0.385. The number of nitrogens with two attached hydrogens (primary N) is 1. The average Bonchev–Trinajstić information content (AvgIpc) is 2.47. The third kappa shape index (κ3) is 3.91. The highest BCUT2D eigenvalue weighted by Gasteiger charge is 2.30. The first-order valence-corrected chi connectivity index (χ1v) is 7.84. The Kier molecular flexibility index (Phi) is 6.09. The van der Waals surface area contributed by atoms with Gasteiger partial charge in [0.2, 0.25) is 10.0 Å². The first-order chi connectivity index (χ1) is 9.45. The molecule has 1 aromatic rings. The lowest BCUT2D eigenvalue weighted by Gasteiger charge is -2.31. The van der Waals surface area contributed by atoms with E-state index >= 15 is 0 Å². The van der Waals surface area contributed by atoms with Crippen molar-refractivity contribution >= 4 is 28.1 Å². The van der Waals surface area contributed by atoms with Crippen LogP contribution in [0.1, 0.15) is 12.8 Å². The van der Waals surface area contributed by atoms with E-state index in [2.05, 4.69) is 0 Å². The molecule has 0 radical (unpaired) electrons. The van der Waals surface area contributed by atoms with E-state index in [9.17, 15) is 18.5 Å². The summed E-state index contributed by atoms with van der Waals surface area (Å²) in [5.74, 6) is 0.150. The Morgan fingerprint density at radius 1 is 1.43 bits per heavy atom. The Bertz CT molecular complexity index is 608. The Labute approximate surface area is 129 Å². The van der Waals surface area contributed by atoms with E-state index in [1.165, 1.54) is 22.5 Å². The highest BCUT2D eigenvalue weighted by atomic mass is 35.5. The second kappa shape index (κ2) is 7.17. The van der Waals surface area contributed by atoms with Crippen LogP contribution in [0.15, 0.2) is 29.2 Å². The van der Waals surface area contributed by atoms with Crippen LogP contribution < -0.4 is 5.73 Å². The molecule has 1 aliphatic heterocycles. The smallest absolute Gasteiger partial charge is 0.270 e. The minimum atomic E-state index is -3.69. The summed E-state index contributed by atoms with van der Waals surface area (Å²) in [4.78, 5) is 10.1. The molecule has 0 saturated carbocycles. The summed E-state index contributed by atoms with van der Waals surface area (Å²) in [6.07, 6.45) is 1.67. The van der Waals surface area contributed by atoms with Crippen molar-refractivity contribution in [3.05, 3.63) is 34.4 Å². The predicted molar refractivity (Wildman–Crippen MR) is 80.9 cm³/mol. The van der Waals surface area contributed by atoms with Crippen LogP contribution in [0.5, 0.6) is 0 Å². The minimum absolute atomic E-state index is 0. The molecule has 1 aromatic carbocycles. The van der Waals surface area contributed by atoms with E-state index in [4.69, 9.17) is 5.73 Å². The molecule has 0 bridgehead atoms. The third-order valence-electron chi connectivity index (χ3n) is 3.48. The van der Waals surface area contributed by atoms with E-state index in [-0.39, 0.29) is 28.9 Å². The molecule has 9 heteroatoms. The molecule has 0 amide bonds. The summed E-state index contributed by atoms with van der Waals surface area (Å²) >= 11 is 0. The van der Waals surface area contributed by atoms with Gasteiger partial charge in [0, 0.05) is 25.2 Å². The summed E-state index contributed by atoms with van der Waals surface area (Å²) in [7, 11) is -3.69. The predicted octanol–water partition coefficient (Wildman–Crippen LogP) is 1.38. The molecule has 1 aliphatic rings. The van der Waals surface area contributed by atoms with Crippen molar-refractivity contribution in [2.24, 2.45) is 11.7 Å². The van der Waals surface area contributed by atoms with Crippen molar-refractivity contribution in [3.63, 3.8) is 0 Å². The van der Waals surface area contributed by atoms with Gasteiger partial charge in [0.25, 0.3) is 5.69 Å². The monoisotopic (exact) mass is 335 g/mol. The number of benzene rings is 1. The van der Waals surface area contributed by atoms with Crippen LogP contribution in [0.3, 0.4) is 0 Å². The number of piperidine rings is 1. The molecule has 2 N–H and O–H groups in total. The number of nitro benzene ring substituents is 1. The minimum Gasteiger partial charge on any atom is -0.330 e. The van der Waals surface area contributed by atoms with Crippen LogP contribution in [0.4, 0.5) is 5.69 Å². The molecule has 0 aromatic heterocycles. The normalized spacial score (nSPS) is 19.8. The summed E-state index contributed by atoms with van der Waals surface area (Å²) in [6, 6.07) is 5.14. The van der Waals surface area contributed by atoms with Crippen LogP contribution >= 0.6 is 12.4 Å². The van der Waals surface area contributed by atoms with Crippen LogP contribution in [-0.2, 0) is 10.0 Å². The molecule has 0 aliphatic carbocycles. The fourth-order valence-corrected chi connectivity index (χ4v) is 3.94. The Morgan fingerprint density at radius 2 is 2.14 bits per heavy atom. The second-order valence-electron chi connectivity index (χ2n) is 4.86. The maximum absolute atomic E-state index is 12.5. The molecule has 0 spiro atoms. The molecule has 1 unspecified atom stereocenters. The molecule has 1 atom stereocenters. The number of sulfonamides is 1. The number of nitro groups is 1. The van der Waals surface area contributed by atoms with Crippen LogP contribution in [0.2, 0.25) is 0 Å². The van der Waals surface area contributed by atoms with Crippen LogP contribution in [0, 0.1) is 16.0 Å². The standard InChI is InChI=1S/C12H17N3O4S.ClH/c13-8-10-3-2-6-14(9-10)20(18,19)12-5-1-4-11(7-12)15(16)17;/h1,4-5,7,10H,2-3,6,8-9,13H2;1H. The summed E-state index contributed by atoms with van der Waals surface area (Å²) in [6.45, 7) is 1.25. The number of non-ortho nitro benzene ring substituents is 1. The number of hydrogen-bond acceptors (Lipinski definition) is 5. The summed E-state index contributed by atoms with van der Waals surface area (Å²) in [5, 5.41) is 10.7. The van der Waals surface area contributed by atoms with E-state index in [0.717, 1.165) is 18.9 Å². The molecule has 118 valence electrons. The van der Waals surface area contributed by atoms with Crippen molar-refractivity contribution in [1.82, 2.24) is 4.31 Å². The van der Waals surface area contributed by atoms with Crippen LogP contribution in [-0.4, -0.2) is 37.3 Å². The third-order valence-corrected chi connectivity index (χ3v) is 5.34. The second-order valence-corrected chi connectivity index (χ2v) is 6.80. The molecule has 1 saturated heterocycles. The zero-order chi connectivity index (χ0) is 14.8. The van der Waals surface area contributed by atoms with Crippen molar-refractivity contribution in [2.45, 2.75) is 17.7 Å². The lowest BCUT2D eigenvalue weighted by atomic mass is 10.0. The van der Waals surface area contributed by atoms with Gasteiger partial charge < -0.3 is 5.73 Å². The van der Waals surface area contributed by atoms with Gasteiger partial charge in [-0.1, -0.05) is 6.07 Å². The SMILES string of the molecule is Cl.NCC1CCCN(S(=O)(=O)c2cccc([N+](=O)[O-])c2)C1. The van der Waals surface area contributed by atoms with Crippen LogP contribution in [0.25, 0.3) is 0 Å². The van der Waals surface area contributed by atoms with E-state index in [0.29, 0.717) is 19.6 Å². The van der Waals surface area contributed by atoms with E-state index in [1.54, 1.807) is 0 Å².